The van der Waals surface area contributed by atoms with Crippen LogP contribution in [0, 0.1) is 12.7 Å². The molecular formula is C22H25F4N3O3. The van der Waals surface area contributed by atoms with E-state index in [1.807, 2.05) is 25.1 Å². The second-order valence-electron chi connectivity index (χ2n) is 6.51. The summed E-state index contributed by atoms with van der Waals surface area (Å²) in [5, 5.41) is 10.0. The fourth-order valence-corrected chi connectivity index (χ4v) is 2.63. The molecule has 0 aromatic heterocycles. The smallest absolute Gasteiger partial charge is 0.399 e. The number of nitrogens with one attached hydrogen (secondary N) is 1. The van der Waals surface area contributed by atoms with Gasteiger partial charge in [-0.2, -0.15) is 13.2 Å². The third-order valence-electron chi connectivity index (χ3n) is 4.25. The highest BCUT2D eigenvalue weighted by Crippen LogP contribution is 2.32. The quantitative estimate of drug-likeness (QED) is 0.281. The normalized spacial score (nSPS) is 11.9. The first-order valence-electron chi connectivity index (χ1n) is 9.38. The minimum atomic E-state index is -4.78. The molecule has 0 heterocycles. The Morgan fingerprint density at radius 2 is 1.78 bits per heavy atom. The van der Waals surface area contributed by atoms with Gasteiger partial charge in [-0.15, -0.1) is 0 Å². The second kappa shape index (κ2) is 12.4. The lowest BCUT2D eigenvalue weighted by atomic mass is 10.00. The molecule has 0 bridgehead atoms. The van der Waals surface area contributed by atoms with E-state index >= 15 is 0 Å². The summed E-state index contributed by atoms with van der Waals surface area (Å²) < 4.78 is 52.0. The van der Waals surface area contributed by atoms with Gasteiger partial charge < -0.3 is 15.0 Å². The number of benzene rings is 2. The third-order valence-corrected chi connectivity index (χ3v) is 4.25. The third kappa shape index (κ3) is 7.68. The molecule has 0 unspecified atom stereocenters. The minimum Gasteiger partial charge on any atom is -0.399 e. The predicted octanol–water partition coefficient (Wildman–Crippen LogP) is 4.83. The van der Waals surface area contributed by atoms with Crippen LogP contribution < -0.4 is 5.32 Å². The highest BCUT2D eigenvalue weighted by atomic mass is 19.4. The van der Waals surface area contributed by atoms with Gasteiger partial charge in [-0.05, 0) is 44.0 Å². The predicted molar refractivity (Wildman–Crippen MR) is 114 cm³/mol. The zero-order valence-electron chi connectivity index (χ0n) is 18.4. The van der Waals surface area contributed by atoms with Crippen LogP contribution in [-0.2, 0) is 27.3 Å². The van der Waals surface area contributed by atoms with Crippen molar-refractivity contribution in [3.05, 3.63) is 70.0 Å². The fourth-order valence-electron chi connectivity index (χ4n) is 2.63. The summed E-state index contributed by atoms with van der Waals surface area (Å²) in [5.74, 6) is -1.33. The lowest BCUT2D eigenvalue weighted by molar-refractivity contribution is -0.140. The van der Waals surface area contributed by atoms with Crippen molar-refractivity contribution in [1.29, 1.82) is 0 Å². The average molecular weight is 455 g/mol. The summed E-state index contributed by atoms with van der Waals surface area (Å²) in [6, 6.07) is 8.33. The van der Waals surface area contributed by atoms with E-state index < -0.39 is 17.6 Å². The van der Waals surface area contributed by atoms with Crippen LogP contribution in [0.5, 0.6) is 0 Å². The first-order chi connectivity index (χ1) is 15.1. The van der Waals surface area contributed by atoms with Gasteiger partial charge in [-0.1, -0.05) is 34.6 Å². The van der Waals surface area contributed by atoms with Crippen molar-refractivity contribution in [2.75, 3.05) is 14.2 Å². The van der Waals surface area contributed by atoms with Crippen molar-refractivity contribution in [3.8, 4) is 0 Å². The van der Waals surface area contributed by atoms with E-state index in [2.05, 4.69) is 15.6 Å². The molecule has 0 aliphatic heterocycles. The zero-order valence-corrected chi connectivity index (χ0v) is 18.4. The van der Waals surface area contributed by atoms with E-state index in [9.17, 15) is 17.6 Å². The number of nitrogens with zero attached hydrogens (tertiary/aromatic N) is 2. The van der Waals surface area contributed by atoms with Gasteiger partial charge in [0.15, 0.2) is 0 Å². The molecule has 2 aromatic carbocycles. The minimum absolute atomic E-state index is 0.0866. The first kappa shape index (κ1) is 26.6. The van der Waals surface area contributed by atoms with E-state index in [0.29, 0.717) is 18.2 Å². The number of alkyl halides is 3. The van der Waals surface area contributed by atoms with Gasteiger partial charge in [0.2, 0.25) is 6.41 Å². The summed E-state index contributed by atoms with van der Waals surface area (Å²) in [6.45, 7) is 5.26. The van der Waals surface area contributed by atoms with Crippen LogP contribution in [0.25, 0.3) is 0 Å². The van der Waals surface area contributed by atoms with Crippen molar-refractivity contribution >= 4 is 17.8 Å². The standard InChI is InChI=1S/C20H20F4N2O2.C2H5NO/c1-12-6-5-7-16(14(3)25-27-4)17(12)11-28-26-13(2)15-8-9-19(21)18(10-15)20(22,23)24;1-3-2-4/h5-10H,11H2,1-4H3;2H,1H3,(H,3,4)/b25-14-,26-13+;. The Hall–Kier alpha value is -3.43. The number of aryl methyl sites for hydroxylation is 1. The van der Waals surface area contributed by atoms with Crippen LogP contribution in [0.1, 0.15) is 41.7 Å². The Bertz CT molecular complexity index is 973. The average Bonchev–Trinajstić information content (AvgIpc) is 2.74. The summed E-state index contributed by atoms with van der Waals surface area (Å²) >= 11 is 0. The van der Waals surface area contributed by atoms with E-state index in [1.165, 1.54) is 20.1 Å². The van der Waals surface area contributed by atoms with Crippen molar-refractivity contribution < 1.29 is 32.0 Å². The van der Waals surface area contributed by atoms with E-state index in [-0.39, 0.29) is 17.9 Å². The molecule has 1 N–H and O–H groups in total. The molecular weight excluding hydrogens is 430 g/mol. The molecule has 32 heavy (non-hydrogen) atoms. The molecule has 174 valence electrons. The maximum atomic E-state index is 13.4. The number of hydrogen-bond acceptors (Lipinski definition) is 5. The van der Waals surface area contributed by atoms with Gasteiger partial charge in [0.25, 0.3) is 0 Å². The number of carbonyl (C=O) groups is 1. The number of halogens is 4. The molecule has 1 amide bonds. The van der Waals surface area contributed by atoms with Gasteiger partial charge in [0.05, 0.1) is 17.0 Å². The zero-order chi connectivity index (χ0) is 24.3. The van der Waals surface area contributed by atoms with Crippen molar-refractivity contribution in [3.63, 3.8) is 0 Å². The van der Waals surface area contributed by atoms with Crippen molar-refractivity contribution in [2.45, 2.75) is 33.6 Å². The Kier molecular flexibility index (Phi) is 10.3. The number of rotatable bonds is 7. The highest BCUT2D eigenvalue weighted by molar-refractivity contribution is 6.00. The van der Waals surface area contributed by atoms with E-state index in [1.54, 1.807) is 14.0 Å². The molecule has 0 fully saturated rings. The Labute approximate surface area is 183 Å². The summed E-state index contributed by atoms with van der Waals surface area (Å²) in [4.78, 5) is 19.2. The molecule has 0 radical (unpaired) electrons. The van der Waals surface area contributed by atoms with Crippen LogP contribution in [0.15, 0.2) is 46.7 Å². The number of amides is 1. The van der Waals surface area contributed by atoms with Gasteiger partial charge in [0, 0.05) is 18.2 Å². The van der Waals surface area contributed by atoms with Crippen LogP contribution in [0.3, 0.4) is 0 Å². The molecule has 10 heteroatoms. The Morgan fingerprint density at radius 3 is 2.34 bits per heavy atom. The largest absolute Gasteiger partial charge is 0.419 e. The van der Waals surface area contributed by atoms with Gasteiger partial charge in [0.1, 0.15) is 19.5 Å². The maximum Gasteiger partial charge on any atom is 0.419 e. The fraction of sp³-hybridized carbons (Fsp3) is 0.318. The van der Waals surface area contributed by atoms with Crippen LogP contribution in [-0.4, -0.2) is 32.0 Å². The number of oxime groups is 2. The van der Waals surface area contributed by atoms with E-state index in [0.717, 1.165) is 22.8 Å². The monoisotopic (exact) mass is 455 g/mol. The molecule has 0 saturated carbocycles. The highest BCUT2D eigenvalue weighted by Gasteiger charge is 2.34. The number of carbonyl (C=O) groups excluding carboxylic acids is 1. The van der Waals surface area contributed by atoms with Crippen LogP contribution in [0.2, 0.25) is 0 Å². The lowest BCUT2D eigenvalue weighted by Crippen LogP contribution is -2.10. The van der Waals surface area contributed by atoms with Crippen LogP contribution >= 0.6 is 0 Å². The maximum absolute atomic E-state index is 13.4. The SMILES string of the molecule is CNC=O.CO/N=C(/C)c1cccc(C)c1CO/N=C(\C)c1ccc(F)c(C(F)(F)F)c1. The summed E-state index contributed by atoms with van der Waals surface area (Å²) in [6.07, 6.45) is -4.16. The van der Waals surface area contributed by atoms with Crippen molar-refractivity contribution in [1.82, 2.24) is 5.32 Å². The summed E-state index contributed by atoms with van der Waals surface area (Å²) in [5.41, 5.74) is 2.21. The van der Waals surface area contributed by atoms with Crippen molar-refractivity contribution in [2.24, 2.45) is 10.3 Å². The number of hydrogen-bond donors (Lipinski definition) is 1. The molecule has 0 spiro atoms. The molecule has 6 nitrogen and oxygen atoms in total. The van der Waals surface area contributed by atoms with E-state index in [4.69, 9.17) is 14.5 Å². The second-order valence-corrected chi connectivity index (χ2v) is 6.51. The van der Waals surface area contributed by atoms with Gasteiger partial charge in [-0.3, -0.25) is 4.79 Å². The molecule has 0 aliphatic rings. The molecule has 2 aromatic rings. The summed E-state index contributed by atoms with van der Waals surface area (Å²) in [7, 11) is 3.01. The Morgan fingerprint density at radius 1 is 1.12 bits per heavy atom. The first-order valence-corrected chi connectivity index (χ1v) is 9.38. The molecule has 2 rings (SSSR count). The topological polar surface area (TPSA) is 72.3 Å². The molecule has 0 saturated heterocycles. The van der Waals surface area contributed by atoms with Gasteiger partial charge in [-0.25, -0.2) is 4.39 Å². The Balaban J connectivity index is 0.00000118. The van der Waals surface area contributed by atoms with Gasteiger partial charge >= 0.3 is 6.18 Å². The van der Waals surface area contributed by atoms with Crippen LogP contribution in [0.4, 0.5) is 17.6 Å². The molecule has 0 aliphatic carbocycles. The lowest BCUT2D eigenvalue weighted by Gasteiger charge is -2.12. The molecule has 0 atom stereocenters.